The summed E-state index contributed by atoms with van der Waals surface area (Å²) in [6.07, 6.45) is 1.83. The maximum absolute atomic E-state index is 9.39. The standard InChI is InChI=1S/C14H13O3/c1-17-14-5-3-2-4-11(14)6-10-7-12(15)9-13(16)8-10/h2-9,15-16H,1H3. The molecule has 0 bridgehead atoms. The highest BCUT2D eigenvalue weighted by atomic mass is 16.5. The molecule has 3 nitrogen and oxygen atoms in total. The van der Waals surface area contributed by atoms with Crippen molar-refractivity contribution < 1.29 is 14.9 Å². The van der Waals surface area contributed by atoms with Crippen LogP contribution >= 0.6 is 0 Å². The lowest BCUT2D eigenvalue weighted by Gasteiger charge is -2.08. The zero-order chi connectivity index (χ0) is 12.3. The molecule has 0 aliphatic carbocycles. The van der Waals surface area contributed by atoms with Crippen molar-refractivity contribution in [2.75, 3.05) is 7.11 Å². The Balaban J connectivity index is 2.31. The number of aromatic hydroxyl groups is 2. The van der Waals surface area contributed by atoms with Gasteiger partial charge in [0.1, 0.15) is 17.2 Å². The molecule has 0 aliphatic heterocycles. The van der Waals surface area contributed by atoms with Crippen molar-refractivity contribution in [1.82, 2.24) is 0 Å². The van der Waals surface area contributed by atoms with E-state index in [4.69, 9.17) is 4.74 Å². The van der Waals surface area contributed by atoms with E-state index in [1.54, 1.807) is 19.2 Å². The summed E-state index contributed by atoms with van der Waals surface area (Å²) in [7, 11) is 1.60. The smallest absolute Gasteiger partial charge is 0.122 e. The molecule has 0 heterocycles. The number of phenolic OH excluding ortho intramolecular Hbond substituents is 2. The summed E-state index contributed by atoms with van der Waals surface area (Å²) >= 11 is 0. The maximum atomic E-state index is 9.39. The molecule has 0 amide bonds. The van der Waals surface area contributed by atoms with Crippen molar-refractivity contribution in [3.63, 3.8) is 0 Å². The molecule has 0 aromatic heterocycles. The van der Waals surface area contributed by atoms with E-state index in [1.807, 2.05) is 30.7 Å². The minimum absolute atomic E-state index is 0.0335. The lowest BCUT2D eigenvalue weighted by molar-refractivity contribution is 0.412. The first-order chi connectivity index (χ1) is 8.19. The third-order valence-electron chi connectivity index (χ3n) is 2.39. The van der Waals surface area contributed by atoms with E-state index in [0.29, 0.717) is 5.56 Å². The van der Waals surface area contributed by atoms with Crippen LogP contribution in [-0.2, 0) is 0 Å². The van der Waals surface area contributed by atoms with Crippen LogP contribution in [0, 0.1) is 6.42 Å². The Hall–Kier alpha value is -2.16. The number of hydrogen-bond acceptors (Lipinski definition) is 3. The molecule has 2 aromatic carbocycles. The molecular weight excluding hydrogens is 216 g/mol. The van der Waals surface area contributed by atoms with Gasteiger partial charge in [0.05, 0.1) is 7.11 Å². The fourth-order valence-electron chi connectivity index (χ4n) is 1.67. The van der Waals surface area contributed by atoms with Gasteiger partial charge in [0.25, 0.3) is 0 Å². The van der Waals surface area contributed by atoms with E-state index < -0.39 is 0 Å². The number of hydrogen-bond donors (Lipinski definition) is 2. The quantitative estimate of drug-likeness (QED) is 0.850. The monoisotopic (exact) mass is 229 g/mol. The maximum Gasteiger partial charge on any atom is 0.122 e. The van der Waals surface area contributed by atoms with Gasteiger partial charge < -0.3 is 14.9 Å². The van der Waals surface area contributed by atoms with Crippen molar-refractivity contribution in [2.45, 2.75) is 0 Å². The van der Waals surface area contributed by atoms with Crippen LogP contribution in [0.15, 0.2) is 42.5 Å². The van der Waals surface area contributed by atoms with Crippen molar-refractivity contribution in [1.29, 1.82) is 0 Å². The summed E-state index contributed by atoms with van der Waals surface area (Å²) in [4.78, 5) is 0. The molecule has 2 rings (SSSR count). The van der Waals surface area contributed by atoms with E-state index in [-0.39, 0.29) is 11.5 Å². The topological polar surface area (TPSA) is 49.7 Å². The molecule has 0 spiro atoms. The Labute approximate surface area is 99.9 Å². The highest BCUT2D eigenvalue weighted by Gasteiger charge is 2.05. The highest BCUT2D eigenvalue weighted by molar-refractivity contribution is 5.49. The van der Waals surface area contributed by atoms with Crippen LogP contribution in [0.1, 0.15) is 11.1 Å². The van der Waals surface area contributed by atoms with Crippen LogP contribution in [0.3, 0.4) is 0 Å². The molecule has 2 aromatic rings. The summed E-state index contributed by atoms with van der Waals surface area (Å²) in [6, 6.07) is 12.0. The Kier molecular flexibility index (Phi) is 3.19. The number of rotatable bonds is 3. The van der Waals surface area contributed by atoms with Gasteiger partial charge in [-0.2, -0.15) is 0 Å². The molecule has 0 unspecified atom stereocenters. The largest absolute Gasteiger partial charge is 0.508 e. The molecule has 1 radical (unpaired) electrons. The minimum atomic E-state index is 0.0335. The molecular formula is C14H13O3. The van der Waals surface area contributed by atoms with Gasteiger partial charge in [-0.3, -0.25) is 0 Å². The number of ether oxygens (including phenoxy) is 1. The predicted octanol–water partition coefficient (Wildman–Crippen LogP) is 2.71. The predicted molar refractivity (Wildman–Crippen MR) is 65.3 cm³/mol. The summed E-state index contributed by atoms with van der Waals surface area (Å²) in [6.45, 7) is 0. The zero-order valence-corrected chi connectivity index (χ0v) is 9.42. The van der Waals surface area contributed by atoms with Gasteiger partial charge in [-0.25, -0.2) is 0 Å². The van der Waals surface area contributed by atoms with Gasteiger partial charge in [-0.05, 0) is 23.8 Å². The van der Waals surface area contributed by atoms with Crippen LogP contribution in [0.25, 0.3) is 0 Å². The Bertz CT molecular complexity index is 500. The SMILES string of the molecule is COc1ccccc1[CH]c1cc(O)cc(O)c1. The van der Waals surface area contributed by atoms with Crippen molar-refractivity contribution in [3.05, 3.63) is 60.0 Å². The molecule has 0 atom stereocenters. The molecule has 3 heteroatoms. The third-order valence-corrected chi connectivity index (χ3v) is 2.39. The third kappa shape index (κ3) is 2.69. The first-order valence-electron chi connectivity index (χ1n) is 5.20. The van der Waals surface area contributed by atoms with Gasteiger partial charge in [-0.1, -0.05) is 18.2 Å². The molecule has 2 N–H and O–H groups in total. The van der Waals surface area contributed by atoms with E-state index >= 15 is 0 Å². The fourth-order valence-corrected chi connectivity index (χ4v) is 1.67. The molecule has 0 saturated heterocycles. The number of phenols is 2. The van der Waals surface area contributed by atoms with Crippen LogP contribution in [0.5, 0.6) is 17.2 Å². The van der Waals surface area contributed by atoms with E-state index in [2.05, 4.69) is 0 Å². The van der Waals surface area contributed by atoms with Gasteiger partial charge in [0, 0.05) is 18.1 Å². The average Bonchev–Trinajstić information content (AvgIpc) is 2.28. The first kappa shape index (κ1) is 11.3. The number of para-hydroxylation sites is 1. The van der Waals surface area contributed by atoms with Gasteiger partial charge >= 0.3 is 0 Å². The zero-order valence-electron chi connectivity index (χ0n) is 9.42. The second-order valence-corrected chi connectivity index (χ2v) is 3.67. The normalized spacial score (nSPS) is 10.2. The van der Waals surface area contributed by atoms with E-state index in [0.717, 1.165) is 11.3 Å². The van der Waals surface area contributed by atoms with Crippen LogP contribution < -0.4 is 4.74 Å². The molecule has 87 valence electrons. The molecule has 0 fully saturated rings. The Morgan fingerprint density at radius 3 is 2.29 bits per heavy atom. The summed E-state index contributed by atoms with van der Waals surface area (Å²) in [5.41, 5.74) is 1.60. The number of benzene rings is 2. The lowest BCUT2D eigenvalue weighted by atomic mass is 10.0. The van der Waals surface area contributed by atoms with Gasteiger partial charge in [-0.15, -0.1) is 0 Å². The van der Waals surface area contributed by atoms with Crippen molar-refractivity contribution in [3.8, 4) is 17.2 Å². The second-order valence-electron chi connectivity index (χ2n) is 3.67. The lowest BCUT2D eigenvalue weighted by Crippen LogP contribution is -1.91. The van der Waals surface area contributed by atoms with Crippen LogP contribution in [0.4, 0.5) is 0 Å². The Morgan fingerprint density at radius 1 is 1.00 bits per heavy atom. The number of methoxy groups -OCH3 is 1. The van der Waals surface area contributed by atoms with E-state index in [1.165, 1.54) is 6.07 Å². The van der Waals surface area contributed by atoms with Gasteiger partial charge in [0.15, 0.2) is 0 Å². The molecule has 0 aliphatic rings. The van der Waals surface area contributed by atoms with Gasteiger partial charge in [0.2, 0.25) is 0 Å². The van der Waals surface area contributed by atoms with Crippen molar-refractivity contribution in [2.24, 2.45) is 0 Å². The minimum Gasteiger partial charge on any atom is -0.508 e. The fraction of sp³-hybridized carbons (Fsp3) is 0.0714. The average molecular weight is 229 g/mol. The van der Waals surface area contributed by atoms with E-state index in [9.17, 15) is 10.2 Å². The highest BCUT2D eigenvalue weighted by Crippen LogP contribution is 2.27. The second kappa shape index (κ2) is 4.78. The summed E-state index contributed by atoms with van der Waals surface area (Å²) < 4.78 is 5.22. The molecule has 0 saturated carbocycles. The van der Waals surface area contributed by atoms with Crippen molar-refractivity contribution >= 4 is 0 Å². The van der Waals surface area contributed by atoms with Crippen LogP contribution in [-0.4, -0.2) is 17.3 Å². The summed E-state index contributed by atoms with van der Waals surface area (Å²) in [5, 5.41) is 18.8. The first-order valence-corrected chi connectivity index (χ1v) is 5.20. The van der Waals surface area contributed by atoms with Crippen LogP contribution in [0.2, 0.25) is 0 Å². The Morgan fingerprint density at radius 2 is 1.65 bits per heavy atom. The molecule has 17 heavy (non-hydrogen) atoms. The summed E-state index contributed by atoms with van der Waals surface area (Å²) in [5.74, 6) is 0.813.